The Morgan fingerprint density at radius 2 is 2.12 bits per heavy atom. The number of aryl methyl sites for hydroxylation is 2. The standard InChI is InChI=1S/C19H21N3O2S/c1-5-22-16-9-8-14(11-15(16)20-12(2)18(22)23)19(24)21(4)13(3)17-7-6-10-25-17/h6-11,13H,5H2,1-4H3. The summed E-state index contributed by atoms with van der Waals surface area (Å²) in [6.07, 6.45) is 0. The van der Waals surface area contributed by atoms with Crippen LogP contribution >= 0.6 is 11.3 Å². The number of benzene rings is 1. The summed E-state index contributed by atoms with van der Waals surface area (Å²) in [6.45, 7) is 6.21. The SMILES string of the molecule is CCn1c(=O)c(C)nc2cc(C(=O)N(C)C(C)c3cccs3)ccc21. The zero-order chi connectivity index (χ0) is 18.1. The molecule has 1 aromatic carbocycles. The number of carbonyl (C=O) groups is 1. The van der Waals surface area contributed by atoms with Crippen molar-refractivity contribution < 1.29 is 4.79 Å². The summed E-state index contributed by atoms with van der Waals surface area (Å²) >= 11 is 1.64. The van der Waals surface area contributed by atoms with Crippen LogP contribution in [0.25, 0.3) is 11.0 Å². The normalized spacial score (nSPS) is 12.3. The molecule has 0 bridgehead atoms. The van der Waals surface area contributed by atoms with Crippen LogP contribution in [0.3, 0.4) is 0 Å². The van der Waals surface area contributed by atoms with Gasteiger partial charge in [0.15, 0.2) is 0 Å². The number of thiophene rings is 1. The second kappa shape index (κ2) is 6.80. The van der Waals surface area contributed by atoms with Gasteiger partial charge in [0.25, 0.3) is 11.5 Å². The third-order valence-corrected chi connectivity index (χ3v) is 5.57. The number of rotatable bonds is 4. The van der Waals surface area contributed by atoms with Crippen LogP contribution < -0.4 is 5.56 Å². The largest absolute Gasteiger partial charge is 0.334 e. The highest BCUT2D eigenvalue weighted by Crippen LogP contribution is 2.25. The van der Waals surface area contributed by atoms with Crippen LogP contribution in [-0.2, 0) is 6.54 Å². The van der Waals surface area contributed by atoms with E-state index in [9.17, 15) is 9.59 Å². The van der Waals surface area contributed by atoms with Crippen molar-refractivity contribution in [1.82, 2.24) is 14.5 Å². The van der Waals surface area contributed by atoms with Gasteiger partial charge in [-0.05, 0) is 50.4 Å². The molecule has 2 aromatic heterocycles. The maximum absolute atomic E-state index is 12.9. The summed E-state index contributed by atoms with van der Waals surface area (Å²) in [7, 11) is 1.81. The molecule has 1 unspecified atom stereocenters. The summed E-state index contributed by atoms with van der Waals surface area (Å²) in [5.41, 5.74) is 2.36. The van der Waals surface area contributed by atoms with Crippen LogP contribution in [-0.4, -0.2) is 27.4 Å². The Morgan fingerprint density at radius 3 is 2.76 bits per heavy atom. The van der Waals surface area contributed by atoms with Gasteiger partial charge in [0.2, 0.25) is 0 Å². The van der Waals surface area contributed by atoms with E-state index in [4.69, 9.17) is 0 Å². The Morgan fingerprint density at radius 1 is 1.36 bits per heavy atom. The highest BCUT2D eigenvalue weighted by Gasteiger charge is 2.20. The minimum Gasteiger partial charge on any atom is -0.334 e. The second-order valence-electron chi connectivity index (χ2n) is 6.06. The van der Waals surface area contributed by atoms with Crippen molar-refractivity contribution in [3.05, 3.63) is 62.2 Å². The Bertz CT molecular complexity index is 976. The molecule has 2 heterocycles. The summed E-state index contributed by atoms with van der Waals surface area (Å²) < 4.78 is 1.68. The lowest BCUT2D eigenvalue weighted by Crippen LogP contribution is -2.29. The van der Waals surface area contributed by atoms with Gasteiger partial charge in [-0.2, -0.15) is 0 Å². The lowest BCUT2D eigenvalue weighted by Gasteiger charge is -2.24. The number of fused-ring (bicyclic) bond motifs is 1. The van der Waals surface area contributed by atoms with Crippen LogP contribution in [0.1, 0.15) is 40.8 Å². The molecule has 0 N–H and O–H groups in total. The highest BCUT2D eigenvalue weighted by molar-refractivity contribution is 7.10. The van der Waals surface area contributed by atoms with Crippen molar-refractivity contribution in [2.45, 2.75) is 33.4 Å². The first-order valence-electron chi connectivity index (χ1n) is 8.25. The van der Waals surface area contributed by atoms with Gasteiger partial charge in [0, 0.05) is 24.0 Å². The Kier molecular flexibility index (Phi) is 4.72. The van der Waals surface area contributed by atoms with E-state index < -0.39 is 0 Å². The molecule has 6 heteroatoms. The van der Waals surface area contributed by atoms with Crippen molar-refractivity contribution in [3.8, 4) is 0 Å². The van der Waals surface area contributed by atoms with E-state index in [1.54, 1.807) is 39.9 Å². The smallest absolute Gasteiger partial charge is 0.272 e. The zero-order valence-corrected chi connectivity index (χ0v) is 15.6. The summed E-state index contributed by atoms with van der Waals surface area (Å²) in [5, 5.41) is 2.01. The number of hydrogen-bond donors (Lipinski definition) is 0. The van der Waals surface area contributed by atoms with E-state index >= 15 is 0 Å². The number of aromatic nitrogens is 2. The van der Waals surface area contributed by atoms with Crippen LogP contribution in [0.15, 0.2) is 40.5 Å². The Hall–Kier alpha value is -2.47. The van der Waals surface area contributed by atoms with Gasteiger partial charge >= 0.3 is 0 Å². The van der Waals surface area contributed by atoms with Gasteiger partial charge in [0.05, 0.1) is 17.1 Å². The fourth-order valence-corrected chi connectivity index (χ4v) is 3.75. The summed E-state index contributed by atoms with van der Waals surface area (Å²) in [6, 6.07) is 9.37. The molecule has 5 nitrogen and oxygen atoms in total. The minimum absolute atomic E-state index is 0.00230. The molecule has 25 heavy (non-hydrogen) atoms. The predicted octanol–water partition coefficient (Wildman–Crippen LogP) is 3.62. The molecule has 0 radical (unpaired) electrons. The first kappa shape index (κ1) is 17.4. The van der Waals surface area contributed by atoms with Crippen molar-refractivity contribution in [3.63, 3.8) is 0 Å². The van der Waals surface area contributed by atoms with Crippen molar-refractivity contribution >= 4 is 28.3 Å². The number of nitrogens with zero attached hydrogens (tertiary/aromatic N) is 3. The molecular weight excluding hydrogens is 334 g/mol. The first-order chi connectivity index (χ1) is 11.9. The van der Waals surface area contributed by atoms with E-state index in [-0.39, 0.29) is 17.5 Å². The molecule has 0 aliphatic heterocycles. The molecule has 3 rings (SSSR count). The monoisotopic (exact) mass is 355 g/mol. The highest BCUT2D eigenvalue weighted by atomic mass is 32.1. The van der Waals surface area contributed by atoms with Crippen molar-refractivity contribution in [2.24, 2.45) is 0 Å². The molecule has 0 aliphatic rings. The molecule has 1 atom stereocenters. The third-order valence-electron chi connectivity index (χ3n) is 4.53. The molecule has 0 saturated heterocycles. The number of hydrogen-bond acceptors (Lipinski definition) is 4. The topological polar surface area (TPSA) is 55.2 Å². The van der Waals surface area contributed by atoms with Gasteiger partial charge < -0.3 is 9.47 Å². The molecule has 0 aliphatic carbocycles. The van der Waals surface area contributed by atoms with Gasteiger partial charge in [-0.3, -0.25) is 9.59 Å². The van der Waals surface area contributed by atoms with Gasteiger partial charge in [0.1, 0.15) is 5.69 Å². The van der Waals surface area contributed by atoms with E-state index in [0.29, 0.717) is 23.3 Å². The Labute approximate surface area is 150 Å². The fraction of sp³-hybridized carbons (Fsp3) is 0.316. The lowest BCUT2D eigenvalue weighted by molar-refractivity contribution is 0.0745. The van der Waals surface area contributed by atoms with E-state index in [0.717, 1.165) is 10.4 Å². The average molecular weight is 355 g/mol. The van der Waals surface area contributed by atoms with Gasteiger partial charge in [-0.1, -0.05) is 6.07 Å². The van der Waals surface area contributed by atoms with E-state index in [1.165, 1.54) is 0 Å². The molecule has 1 amide bonds. The van der Waals surface area contributed by atoms with Crippen LogP contribution in [0.4, 0.5) is 0 Å². The number of carbonyl (C=O) groups excluding carboxylic acids is 1. The maximum atomic E-state index is 12.9. The lowest BCUT2D eigenvalue weighted by atomic mass is 10.1. The van der Waals surface area contributed by atoms with E-state index in [2.05, 4.69) is 4.98 Å². The van der Waals surface area contributed by atoms with Gasteiger partial charge in [-0.15, -0.1) is 11.3 Å². The molecule has 130 valence electrons. The predicted molar refractivity (Wildman–Crippen MR) is 101 cm³/mol. The average Bonchev–Trinajstić information content (AvgIpc) is 3.15. The van der Waals surface area contributed by atoms with Crippen LogP contribution in [0.5, 0.6) is 0 Å². The first-order valence-corrected chi connectivity index (χ1v) is 9.13. The zero-order valence-electron chi connectivity index (χ0n) is 14.8. The quantitative estimate of drug-likeness (QED) is 0.718. The van der Waals surface area contributed by atoms with Crippen LogP contribution in [0.2, 0.25) is 0 Å². The molecule has 3 aromatic rings. The molecule has 0 spiro atoms. The van der Waals surface area contributed by atoms with Crippen molar-refractivity contribution in [2.75, 3.05) is 7.05 Å². The molecule has 0 saturated carbocycles. The van der Waals surface area contributed by atoms with E-state index in [1.807, 2.05) is 44.5 Å². The fourth-order valence-electron chi connectivity index (χ4n) is 2.92. The van der Waals surface area contributed by atoms with Crippen LogP contribution in [0, 0.1) is 6.92 Å². The van der Waals surface area contributed by atoms with Crippen molar-refractivity contribution in [1.29, 1.82) is 0 Å². The maximum Gasteiger partial charge on any atom is 0.272 e. The molecular formula is C19H21N3O2S. The molecule has 0 fully saturated rings. The summed E-state index contributed by atoms with van der Waals surface area (Å²) in [4.78, 5) is 32.3. The summed E-state index contributed by atoms with van der Waals surface area (Å²) in [5.74, 6) is -0.0588. The number of amides is 1. The minimum atomic E-state index is -0.0856. The second-order valence-corrected chi connectivity index (χ2v) is 7.04. The van der Waals surface area contributed by atoms with Gasteiger partial charge in [-0.25, -0.2) is 4.98 Å². The Balaban J connectivity index is 2.00. The third kappa shape index (κ3) is 3.09.